The Labute approximate surface area is 231 Å². The summed E-state index contributed by atoms with van der Waals surface area (Å²) in [4.78, 5) is 13.1. The van der Waals surface area contributed by atoms with Gasteiger partial charge in [0.1, 0.15) is 5.82 Å². The largest absolute Gasteiger partial charge is 0.510 e. The van der Waals surface area contributed by atoms with Crippen molar-refractivity contribution < 1.29 is 25.8 Å². The van der Waals surface area contributed by atoms with E-state index in [4.69, 9.17) is 9.72 Å². The summed E-state index contributed by atoms with van der Waals surface area (Å²) in [5.74, 6) is 1.96. The Hall–Kier alpha value is -3.63. The molecule has 0 spiro atoms. The minimum atomic E-state index is 0. The first-order chi connectivity index (χ1) is 17.4. The number of hydrogen-bond acceptors (Lipinski definition) is 5. The van der Waals surface area contributed by atoms with Crippen LogP contribution in [0.25, 0.3) is 27.6 Å². The molecule has 0 fully saturated rings. The summed E-state index contributed by atoms with van der Waals surface area (Å²) in [5, 5.41) is 2.24. The van der Waals surface area contributed by atoms with Crippen molar-refractivity contribution in [1.29, 1.82) is 0 Å². The molecule has 1 aliphatic heterocycles. The van der Waals surface area contributed by atoms with Gasteiger partial charge in [0.05, 0.1) is 0 Å². The number of anilines is 1. The monoisotopic (exact) mass is 667 g/mol. The van der Waals surface area contributed by atoms with E-state index in [-0.39, 0.29) is 26.5 Å². The topological polar surface area (TPSA) is 46.4 Å². The van der Waals surface area contributed by atoms with Gasteiger partial charge in [-0.15, -0.1) is 23.6 Å². The predicted octanol–water partition coefficient (Wildman–Crippen LogP) is 6.60. The van der Waals surface area contributed by atoms with Gasteiger partial charge in [-0.3, -0.25) is 0 Å². The second-order valence-electron chi connectivity index (χ2n) is 9.96. The van der Waals surface area contributed by atoms with Gasteiger partial charge in [0.25, 0.3) is 0 Å². The molecule has 0 unspecified atom stereocenters. The van der Waals surface area contributed by atoms with Crippen molar-refractivity contribution in [1.82, 2.24) is 19.4 Å². The van der Waals surface area contributed by atoms with E-state index in [1.54, 1.807) is 12.4 Å². The average Bonchev–Trinajstić information content (AvgIpc) is 3.45. The summed E-state index contributed by atoms with van der Waals surface area (Å²) in [6, 6.07) is 23.4. The van der Waals surface area contributed by atoms with E-state index in [0.29, 0.717) is 11.5 Å². The minimum absolute atomic E-state index is 0. The van der Waals surface area contributed by atoms with Crippen LogP contribution < -0.4 is 9.64 Å². The summed E-state index contributed by atoms with van der Waals surface area (Å²) in [6.45, 7) is 8.53. The molecule has 0 amide bonds. The first kappa shape index (κ1) is 25.0. The summed E-state index contributed by atoms with van der Waals surface area (Å²) in [6.07, 6.45) is 9.29. The molecule has 0 bridgehead atoms. The van der Waals surface area contributed by atoms with Gasteiger partial charge < -0.3 is 24.1 Å². The molecule has 0 radical (unpaired) electrons. The third kappa shape index (κ3) is 4.74. The van der Waals surface area contributed by atoms with Crippen LogP contribution >= 0.6 is 0 Å². The van der Waals surface area contributed by atoms with Gasteiger partial charge in [-0.25, -0.2) is 4.98 Å². The maximum absolute atomic E-state index is 6.18. The Balaban J connectivity index is 0.00000280. The second-order valence-corrected chi connectivity index (χ2v) is 9.96. The van der Waals surface area contributed by atoms with Gasteiger partial charge in [-0.05, 0) is 54.1 Å². The average molecular weight is 668 g/mol. The molecule has 7 heteroatoms. The summed E-state index contributed by atoms with van der Waals surface area (Å²) in [7, 11) is 1.97. The van der Waals surface area contributed by atoms with Crippen LogP contribution in [-0.4, -0.2) is 26.5 Å². The summed E-state index contributed by atoms with van der Waals surface area (Å²) >= 11 is 0. The van der Waals surface area contributed by atoms with Gasteiger partial charge in [-0.1, -0.05) is 62.4 Å². The fraction of sp³-hybridized carbons (Fsp3) is 0.167. The number of pyridine rings is 2. The molecular formula is C30H26N5OPt-3. The molecule has 0 saturated heterocycles. The van der Waals surface area contributed by atoms with Crippen molar-refractivity contribution in [3.05, 3.63) is 104 Å². The van der Waals surface area contributed by atoms with Crippen molar-refractivity contribution >= 4 is 27.5 Å². The minimum Gasteiger partial charge on any atom is -0.510 e. The zero-order valence-corrected chi connectivity index (χ0v) is 23.3. The van der Waals surface area contributed by atoms with E-state index in [2.05, 4.69) is 78.9 Å². The van der Waals surface area contributed by atoms with E-state index in [1.807, 2.05) is 54.2 Å². The van der Waals surface area contributed by atoms with Gasteiger partial charge in [-0.2, -0.15) is 12.7 Å². The van der Waals surface area contributed by atoms with Gasteiger partial charge in [0.2, 0.25) is 0 Å². The quantitative estimate of drug-likeness (QED) is 0.202. The molecule has 37 heavy (non-hydrogen) atoms. The van der Waals surface area contributed by atoms with Crippen LogP contribution in [0.4, 0.5) is 5.69 Å². The molecule has 1 aliphatic rings. The van der Waals surface area contributed by atoms with Crippen LogP contribution in [0.1, 0.15) is 26.3 Å². The van der Waals surface area contributed by atoms with E-state index >= 15 is 0 Å². The van der Waals surface area contributed by atoms with Crippen molar-refractivity contribution in [3.63, 3.8) is 0 Å². The van der Waals surface area contributed by atoms with Crippen LogP contribution in [0, 0.1) is 18.8 Å². The van der Waals surface area contributed by atoms with E-state index in [0.717, 1.165) is 33.3 Å². The predicted molar refractivity (Wildman–Crippen MR) is 143 cm³/mol. The van der Waals surface area contributed by atoms with Crippen LogP contribution in [-0.2, 0) is 26.5 Å². The maximum Gasteiger partial charge on any atom is 0.135 e. The third-order valence-electron chi connectivity index (χ3n) is 6.31. The van der Waals surface area contributed by atoms with Crippen LogP contribution in [0.3, 0.4) is 0 Å². The molecule has 0 aliphatic carbocycles. The molecule has 0 N–H and O–H groups in total. The third-order valence-corrected chi connectivity index (χ3v) is 6.31. The normalized spacial score (nSPS) is 13.4. The Kier molecular flexibility index (Phi) is 6.55. The molecule has 190 valence electrons. The van der Waals surface area contributed by atoms with Crippen molar-refractivity contribution in [2.75, 3.05) is 11.9 Å². The molecule has 4 heterocycles. The Morgan fingerprint density at radius 1 is 0.865 bits per heavy atom. The maximum atomic E-state index is 6.18. The smallest absolute Gasteiger partial charge is 0.135 e. The van der Waals surface area contributed by atoms with Crippen LogP contribution in [0.2, 0.25) is 0 Å². The molecule has 6 rings (SSSR count). The number of benzene rings is 2. The molecule has 0 atom stereocenters. The van der Waals surface area contributed by atoms with E-state index in [1.165, 1.54) is 5.56 Å². The Morgan fingerprint density at radius 2 is 1.70 bits per heavy atom. The number of ether oxygens (including phenoxy) is 1. The van der Waals surface area contributed by atoms with Gasteiger partial charge >= 0.3 is 0 Å². The molecular weight excluding hydrogens is 641 g/mol. The van der Waals surface area contributed by atoms with E-state index < -0.39 is 0 Å². The van der Waals surface area contributed by atoms with Crippen LogP contribution in [0.15, 0.2) is 79.5 Å². The summed E-state index contributed by atoms with van der Waals surface area (Å²) < 4.78 is 8.32. The molecule has 2 aromatic carbocycles. The molecule has 0 saturated carbocycles. The van der Waals surface area contributed by atoms with Crippen LogP contribution in [0.5, 0.6) is 11.5 Å². The molecule has 6 nitrogen and oxygen atoms in total. The zero-order valence-electron chi connectivity index (χ0n) is 21.0. The first-order valence-electron chi connectivity index (χ1n) is 11.9. The van der Waals surface area contributed by atoms with Crippen molar-refractivity contribution in [2.45, 2.75) is 26.2 Å². The number of hydrogen-bond donors (Lipinski definition) is 0. The number of rotatable bonds is 4. The summed E-state index contributed by atoms with van der Waals surface area (Å²) in [5.41, 5.74) is 4.01. The number of para-hydroxylation sites is 1. The SMILES string of the molecule is CN1C=CN(c2[c-]c(Oc3[c-]c4c(cc3)c3ccccc3n4-c3ccc(C(C)(C)C)cn3)cnc2)[CH-]1.[Pt]. The number of aromatic nitrogens is 3. The molecule has 5 aromatic rings. The first-order valence-corrected chi connectivity index (χ1v) is 11.9. The van der Waals surface area contributed by atoms with Gasteiger partial charge in [0.15, 0.2) is 0 Å². The van der Waals surface area contributed by atoms with E-state index in [9.17, 15) is 0 Å². The van der Waals surface area contributed by atoms with Gasteiger partial charge in [0, 0.05) is 44.3 Å². The standard InChI is InChI=1S/C30H26N5O.Pt/c1-30(2,3)21-9-12-29(32-17-21)35-27-8-6-5-7-25(27)26-11-10-23(16-28(26)35)36-24-15-22(18-31-19-24)34-14-13-33(4)20-34;/h5-14,17-20H,1-4H3;/q-3;. The number of nitrogens with zero attached hydrogens (tertiary/aromatic N) is 5. The van der Waals surface area contributed by atoms with Crippen molar-refractivity contribution in [2.24, 2.45) is 0 Å². The second kappa shape index (κ2) is 9.68. The fourth-order valence-corrected chi connectivity index (χ4v) is 4.39. The Morgan fingerprint density at radius 3 is 2.43 bits per heavy atom. The number of fused-ring (bicyclic) bond motifs is 3. The van der Waals surface area contributed by atoms with Crippen molar-refractivity contribution in [3.8, 4) is 17.3 Å². The fourth-order valence-electron chi connectivity index (χ4n) is 4.39. The zero-order chi connectivity index (χ0) is 24.9. The Bertz CT molecular complexity index is 1600. The molecule has 3 aromatic heterocycles.